The van der Waals surface area contributed by atoms with Crippen LogP contribution in [0.3, 0.4) is 0 Å². The summed E-state index contributed by atoms with van der Waals surface area (Å²) in [6.07, 6.45) is 0.923. The van der Waals surface area contributed by atoms with E-state index in [1.54, 1.807) is 0 Å². The molecule has 1 aromatic rings. The van der Waals surface area contributed by atoms with E-state index in [-0.39, 0.29) is 23.9 Å². The van der Waals surface area contributed by atoms with Gasteiger partial charge in [-0.1, -0.05) is 18.2 Å². The zero-order chi connectivity index (χ0) is 20.4. The van der Waals surface area contributed by atoms with Gasteiger partial charge in [-0.2, -0.15) is 0 Å². The number of hydrogen-bond acceptors (Lipinski definition) is 5. The minimum Gasteiger partial charge on any atom is -0.378 e. The van der Waals surface area contributed by atoms with Crippen molar-refractivity contribution >= 4 is 17.5 Å². The summed E-state index contributed by atoms with van der Waals surface area (Å²) >= 11 is 0. The molecule has 158 valence electrons. The molecule has 7 heteroatoms. The van der Waals surface area contributed by atoms with E-state index in [4.69, 9.17) is 4.74 Å². The van der Waals surface area contributed by atoms with Crippen LogP contribution in [0.15, 0.2) is 24.3 Å². The highest BCUT2D eigenvalue weighted by molar-refractivity contribution is 5.99. The van der Waals surface area contributed by atoms with Gasteiger partial charge in [0.25, 0.3) is 0 Å². The Kier molecular flexibility index (Phi) is 6.18. The maximum absolute atomic E-state index is 13.3. The van der Waals surface area contributed by atoms with Crippen LogP contribution in [0.4, 0.5) is 5.69 Å². The molecule has 2 atom stereocenters. The van der Waals surface area contributed by atoms with Crippen LogP contribution in [0.2, 0.25) is 0 Å². The first-order chi connectivity index (χ1) is 14.0. The van der Waals surface area contributed by atoms with Gasteiger partial charge < -0.3 is 14.5 Å². The van der Waals surface area contributed by atoms with Crippen LogP contribution >= 0.6 is 0 Å². The second-order valence-electron chi connectivity index (χ2n) is 8.37. The van der Waals surface area contributed by atoms with Gasteiger partial charge in [-0.15, -0.1) is 0 Å². The average molecular weight is 401 g/mol. The van der Waals surface area contributed by atoms with Crippen molar-refractivity contribution in [2.45, 2.75) is 32.4 Å². The number of anilines is 1. The fraction of sp³-hybridized carbons (Fsp3) is 0.636. The molecule has 2 amide bonds. The molecule has 0 aromatic heterocycles. The number of amides is 2. The highest BCUT2D eigenvalue weighted by Gasteiger charge is 2.36. The summed E-state index contributed by atoms with van der Waals surface area (Å²) in [6, 6.07) is 8.27. The third kappa shape index (κ3) is 4.32. The maximum Gasteiger partial charge on any atom is 0.244 e. The number of fused-ring (bicyclic) bond motifs is 1. The van der Waals surface area contributed by atoms with E-state index in [0.717, 1.165) is 38.3 Å². The Morgan fingerprint density at radius 2 is 1.76 bits per heavy atom. The number of ether oxygens (including phenoxy) is 1. The van der Waals surface area contributed by atoms with Crippen LogP contribution in [0.5, 0.6) is 0 Å². The Hall–Kier alpha value is -1.96. The topological polar surface area (TPSA) is 56.3 Å². The Balaban J connectivity index is 1.30. The third-order valence-corrected chi connectivity index (χ3v) is 6.48. The lowest BCUT2D eigenvalue weighted by Crippen LogP contribution is -2.56. The highest BCUT2D eigenvalue weighted by atomic mass is 16.5. The lowest BCUT2D eigenvalue weighted by atomic mass is 10.1. The van der Waals surface area contributed by atoms with Gasteiger partial charge in [0, 0.05) is 51.0 Å². The van der Waals surface area contributed by atoms with Crippen LogP contribution in [0.25, 0.3) is 0 Å². The van der Waals surface area contributed by atoms with Gasteiger partial charge in [0.1, 0.15) is 0 Å². The number of carbonyl (C=O) groups is 2. The number of rotatable bonds is 4. The molecule has 29 heavy (non-hydrogen) atoms. The van der Waals surface area contributed by atoms with Gasteiger partial charge >= 0.3 is 0 Å². The Labute approximate surface area is 173 Å². The van der Waals surface area contributed by atoms with Crippen molar-refractivity contribution in [2.75, 3.05) is 63.9 Å². The SMILES string of the molecule is CC(C(=O)N1c2ccccc2CC1C)N1CCN(CC(=O)N2CCOCC2)CC1. The molecule has 0 aliphatic carbocycles. The van der Waals surface area contributed by atoms with Crippen molar-refractivity contribution in [3.63, 3.8) is 0 Å². The molecule has 0 N–H and O–H groups in total. The number of nitrogens with zero attached hydrogens (tertiary/aromatic N) is 4. The van der Waals surface area contributed by atoms with Crippen LogP contribution < -0.4 is 4.90 Å². The van der Waals surface area contributed by atoms with E-state index in [1.165, 1.54) is 5.56 Å². The first-order valence-corrected chi connectivity index (χ1v) is 10.8. The molecule has 3 aliphatic rings. The average Bonchev–Trinajstić information content (AvgIpc) is 3.09. The van der Waals surface area contributed by atoms with E-state index in [2.05, 4.69) is 28.9 Å². The molecule has 3 aliphatic heterocycles. The van der Waals surface area contributed by atoms with Crippen LogP contribution in [0, 0.1) is 0 Å². The largest absolute Gasteiger partial charge is 0.378 e. The second-order valence-corrected chi connectivity index (χ2v) is 8.37. The number of para-hydroxylation sites is 1. The first-order valence-electron chi connectivity index (χ1n) is 10.8. The van der Waals surface area contributed by atoms with Crippen molar-refractivity contribution in [3.8, 4) is 0 Å². The van der Waals surface area contributed by atoms with E-state index in [1.807, 2.05) is 28.9 Å². The Bertz CT molecular complexity index is 741. The van der Waals surface area contributed by atoms with Crippen molar-refractivity contribution in [1.29, 1.82) is 0 Å². The maximum atomic E-state index is 13.3. The van der Waals surface area contributed by atoms with Gasteiger partial charge in [0.2, 0.25) is 11.8 Å². The summed E-state index contributed by atoms with van der Waals surface area (Å²) < 4.78 is 5.32. The summed E-state index contributed by atoms with van der Waals surface area (Å²) in [5.74, 6) is 0.369. The summed E-state index contributed by atoms with van der Waals surface area (Å²) in [4.78, 5) is 34.1. The minimum atomic E-state index is -0.152. The molecule has 0 radical (unpaired) electrons. The molecule has 0 bridgehead atoms. The van der Waals surface area contributed by atoms with Crippen LogP contribution in [0.1, 0.15) is 19.4 Å². The number of piperazine rings is 1. The molecule has 2 saturated heterocycles. The van der Waals surface area contributed by atoms with E-state index in [9.17, 15) is 9.59 Å². The molecule has 0 spiro atoms. The zero-order valence-corrected chi connectivity index (χ0v) is 17.5. The van der Waals surface area contributed by atoms with Gasteiger partial charge in [-0.3, -0.25) is 19.4 Å². The molecule has 0 saturated carbocycles. The normalized spacial score (nSPS) is 24.4. The molecule has 4 rings (SSSR count). The zero-order valence-electron chi connectivity index (χ0n) is 17.5. The monoisotopic (exact) mass is 400 g/mol. The van der Waals surface area contributed by atoms with Crippen LogP contribution in [-0.4, -0.2) is 97.6 Å². The van der Waals surface area contributed by atoms with Crippen LogP contribution in [-0.2, 0) is 20.7 Å². The van der Waals surface area contributed by atoms with Crippen molar-refractivity contribution in [1.82, 2.24) is 14.7 Å². The number of hydrogen-bond donors (Lipinski definition) is 0. The summed E-state index contributed by atoms with van der Waals surface area (Å²) in [7, 11) is 0. The van der Waals surface area contributed by atoms with Gasteiger partial charge in [0.05, 0.1) is 25.8 Å². The predicted octanol–water partition coefficient (Wildman–Crippen LogP) is 0.829. The second kappa shape index (κ2) is 8.81. The van der Waals surface area contributed by atoms with Gasteiger partial charge in [-0.05, 0) is 31.9 Å². The molecule has 3 heterocycles. The Morgan fingerprint density at radius 3 is 2.48 bits per heavy atom. The fourth-order valence-corrected chi connectivity index (χ4v) is 4.67. The van der Waals surface area contributed by atoms with Crippen molar-refractivity contribution < 1.29 is 14.3 Å². The number of carbonyl (C=O) groups excluding carboxylic acids is 2. The number of morpholine rings is 1. The molecule has 1 aromatic carbocycles. The van der Waals surface area contributed by atoms with E-state index in [0.29, 0.717) is 32.8 Å². The highest BCUT2D eigenvalue weighted by Crippen LogP contribution is 2.32. The lowest BCUT2D eigenvalue weighted by Gasteiger charge is -2.39. The summed E-state index contributed by atoms with van der Waals surface area (Å²) in [5.41, 5.74) is 2.32. The van der Waals surface area contributed by atoms with Crippen molar-refractivity contribution in [2.24, 2.45) is 0 Å². The minimum absolute atomic E-state index is 0.152. The third-order valence-electron chi connectivity index (χ3n) is 6.48. The van der Waals surface area contributed by atoms with E-state index >= 15 is 0 Å². The van der Waals surface area contributed by atoms with Crippen molar-refractivity contribution in [3.05, 3.63) is 29.8 Å². The first kappa shape index (κ1) is 20.3. The molecule has 2 unspecified atom stereocenters. The standard InChI is InChI=1S/C22H32N4O3/c1-17-15-19-5-3-4-6-20(19)26(17)22(28)18(2)24-9-7-23(8-10-24)16-21(27)25-11-13-29-14-12-25/h3-6,17-18H,7-16H2,1-2H3. The van der Waals surface area contributed by atoms with Gasteiger partial charge in [-0.25, -0.2) is 0 Å². The van der Waals surface area contributed by atoms with Gasteiger partial charge in [0.15, 0.2) is 0 Å². The quantitative estimate of drug-likeness (QED) is 0.749. The Morgan fingerprint density at radius 1 is 1.07 bits per heavy atom. The molecule has 2 fully saturated rings. The lowest BCUT2D eigenvalue weighted by molar-refractivity contribution is -0.137. The number of benzene rings is 1. The molecule has 7 nitrogen and oxygen atoms in total. The summed E-state index contributed by atoms with van der Waals surface area (Å²) in [6.45, 7) is 10.5. The molecular formula is C22H32N4O3. The predicted molar refractivity (Wildman–Crippen MR) is 112 cm³/mol. The summed E-state index contributed by atoms with van der Waals surface area (Å²) in [5, 5.41) is 0. The smallest absolute Gasteiger partial charge is 0.244 e. The molecular weight excluding hydrogens is 368 g/mol. The fourth-order valence-electron chi connectivity index (χ4n) is 4.67. The van der Waals surface area contributed by atoms with E-state index < -0.39 is 0 Å².